The van der Waals surface area contributed by atoms with E-state index in [1.807, 2.05) is 12.1 Å². The summed E-state index contributed by atoms with van der Waals surface area (Å²) in [5.74, 6) is -0.349. The van der Waals surface area contributed by atoms with Crippen molar-refractivity contribution in [1.82, 2.24) is 10.3 Å². The topological polar surface area (TPSA) is 42.0 Å². The van der Waals surface area contributed by atoms with Gasteiger partial charge >= 0.3 is 6.18 Å². The Bertz CT molecular complexity index is 765. The minimum absolute atomic E-state index is 0.0212. The maximum atomic E-state index is 12.6. The van der Waals surface area contributed by atoms with Gasteiger partial charge in [0.1, 0.15) is 0 Å². The van der Waals surface area contributed by atoms with E-state index >= 15 is 0 Å². The van der Waals surface area contributed by atoms with Crippen LogP contribution in [0.3, 0.4) is 0 Å². The number of benzene rings is 1. The van der Waals surface area contributed by atoms with Crippen molar-refractivity contribution in [2.45, 2.75) is 38.9 Å². The molecule has 1 aromatic heterocycles. The van der Waals surface area contributed by atoms with E-state index in [9.17, 15) is 18.0 Å². The number of alkyl halides is 3. The number of nitrogens with one attached hydrogen (secondary N) is 1. The number of carbonyl (C=O) groups is 1. The highest BCUT2D eigenvalue weighted by molar-refractivity contribution is 6.31. The zero-order valence-corrected chi connectivity index (χ0v) is 14.8. The maximum absolute atomic E-state index is 12.6. The summed E-state index contributed by atoms with van der Waals surface area (Å²) in [5, 5.41) is 2.46. The monoisotopic (exact) mass is 370 g/mol. The molecule has 2 rings (SSSR count). The second-order valence-electron chi connectivity index (χ2n) is 6.66. The summed E-state index contributed by atoms with van der Waals surface area (Å²) >= 11 is 5.82. The molecular weight excluding hydrogens is 353 g/mol. The number of nitrogens with zero attached hydrogens (tertiary/aromatic N) is 1. The van der Waals surface area contributed by atoms with Crippen LogP contribution in [0.5, 0.6) is 0 Å². The van der Waals surface area contributed by atoms with E-state index in [1.165, 1.54) is 0 Å². The number of carbonyl (C=O) groups excluding carboxylic acids is 1. The van der Waals surface area contributed by atoms with Crippen LogP contribution in [-0.2, 0) is 18.1 Å². The Hall–Kier alpha value is -2.08. The SMILES string of the molecule is CC(C)(C)c1ccc(C(=O)NCc2ncc(C(F)(F)F)cc2Cl)cc1. The van der Waals surface area contributed by atoms with Crippen LogP contribution in [0.4, 0.5) is 13.2 Å². The van der Waals surface area contributed by atoms with Crippen LogP contribution in [0.2, 0.25) is 5.02 Å². The first-order valence-corrected chi connectivity index (χ1v) is 7.96. The summed E-state index contributed by atoms with van der Waals surface area (Å²) in [4.78, 5) is 15.8. The molecule has 1 N–H and O–H groups in total. The Morgan fingerprint density at radius 3 is 2.20 bits per heavy atom. The van der Waals surface area contributed by atoms with Crippen LogP contribution in [-0.4, -0.2) is 10.9 Å². The third-order valence-electron chi connectivity index (χ3n) is 3.67. The molecule has 0 aliphatic heterocycles. The van der Waals surface area contributed by atoms with Crippen LogP contribution in [0.15, 0.2) is 36.5 Å². The first-order valence-electron chi connectivity index (χ1n) is 7.59. The highest BCUT2D eigenvalue weighted by Gasteiger charge is 2.31. The van der Waals surface area contributed by atoms with E-state index in [0.29, 0.717) is 11.8 Å². The number of hydrogen-bond acceptors (Lipinski definition) is 2. The second kappa shape index (κ2) is 7.04. The largest absolute Gasteiger partial charge is 0.417 e. The molecule has 1 aromatic carbocycles. The number of hydrogen-bond donors (Lipinski definition) is 1. The predicted molar refractivity (Wildman–Crippen MR) is 90.6 cm³/mol. The molecule has 134 valence electrons. The van der Waals surface area contributed by atoms with Crippen LogP contribution < -0.4 is 5.32 Å². The molecule has 0 saturated carbocycles. The Kier molecular flexibility index (Phi) is 5.42. The van der Waals surface area contributed by atoms with E-state index in [0.717, 1.165) is 11.6 Å². The van der Waals surface area contributed by atoms with E-state index in [-0.39, 0.29) is 28.6 Å². The quantitative estimate of drug-likeness (QED) is 0.827. The Morgan fingerprint density at radius 2 is 1.72 bits per heavy atom. The van der Waals surface area contributed by atoms with Gasteiger partial charge in [-0.1, -0.05) is 44.5 Å². The second-order valence-corrected chi connectivity index (χ2v) is 7.07. The fraction of sp³-hybridized carbons (Fsp3) is 0.333. The van der Waals surface area contributed by atoms with Crippen LogP contribution in [0.25, 0.3) is 0 Å². The van der Waals surface area contributed by atoms with Crippen molar-refractivity contribution in [3.8, 4) is 0 Å². The molecule has 0 aliphatic carbocycles. The molecule has 0 unspecified atom stereocenters. The van der Waals surface area contributed by atoms with E-state index in [2.05, 4.69) is 31.1 Å². The molecule has 7 heteroatoms. The van der Waals surface area contributed by atoms with Gasteiger partial charge in [-0.2, -0.15) is 13.2 Å². The summed E-state index contributed by atoms with van der Waals surface area (Å²) in [7, 11) is 0. The van der Waals surface area contributed by atoms with Crippen molar-refractivity contribution in [2.24, 2.45) is 0 Å². The lowest BCUT2D eigenvalue weighted by molar-refractivity contribution is -0.137. The van der Waals surface area contributed by atoms with Gasteiger partial charge in [-0.3, -0.25) is 9.78 Å². The lowest BCUT2D eigenvalue weighted by Crippen LogP contribution is -2.24. The molecule has 0 radical (unpaired) electrons. The van der Waals surface area contributed by atoms with Gasteiger partial charge in [-0.15, -0.1) is 0 Å². The van der Waals surface area contributed by atoms with Crippen molar-refractivity contribution in [3.63, 3.8) is 0 Å². The van der Waals surface area contributed by atoms with E-state index in [1.54, 1.807) is 12.1 Å². The van der Waals surface area contributed by atoms with Crippen molar-refractivity contribution in [3.05, 3.63) is 63.9 Å². The van der Waals surface area contributed by atoms with Crippen LogP contribution in [0, 0.1) is 0 Å². The lowest BCUT2D eigenvalue weighted by Gasteiger charge is -2.19. The smallest absolute Gasteiger partial charge is 0.346 e. The Morgan fingerprint density at radius 1 is 1.12 bits per heavy atom. The number of halogens is 4. The van der Waals surface area contributed by atoms with E-state index < -0.39 is 11.7 Å². The van der Waals surface area contributed by atoms with E-state index in [4.69, 9.17) is 11.6 Å². The highest BCUT2D eigenvalue weighted by atomic mass is 35.5. The third-order valence-corrected chi connectivity index (χ3v) is 4.00. The first-order chi connectivity index (χ1) is 11.5. The Balaban J connectivity index is 2.05. The van der Waals surface area contributed by atoms with Crippen LogP contribution >= 0.6 is 11.6 Å². The van der Waals surface area contributed by atoms with Gasteiger partial charge in [0.15, 0.2) is 0 Å². The van der Waals surface area contributed by atoms with Crippen molar-refractivity contribution < 1.29 is 18.0 Å². The van der Waals surface area contributed by atoms with Crippen LogP contribution in [0.1, 0.15) is 48.0 Å². The zero-order chi connectivity index (χ0) is 18.8. The molecule has 1 heterocycles. The normalized spacial score (nSPS) is 12.1. The minimum atomic E-state index is -4.51. The number of aromatic nitrogens is 1. The fourth-order valence-electron chi connectivity index (χ4n) is 2.14. The molecule has 0 saturated heterocycles. The molecule has 0 bridgehead atoms. The Labute approximate surface area is 149 Å². The highest BCUT2D eigenvalue weighted by Crippen LogP contribution is 2.31. The van der Waals surface area contributed by atoms with Crippen molar-refractivity contribution >= 4 is 17.5 Å². The number of rotatable bonds is 3. The minimum Gasteiger partial charge on any atom is -0.346 e. The molecule has 3 nitrogen and oxygen atoms in total. The third kappa shape index (κ3) is 4.95. The zero-order valence-electron chi connectivity index (χ0n) is 14.0. The lowest BCUT2D eigenvalue weighted by atomic mass is 9.87. The standard InChI is InChI=1S/C18H18ClF3N2O/c1-17(2,3)12-6-4-11(5-7-12)16(25)24-10-15-14(19)8-13(9-23-15)18(20,21)22/h4-9H,10H2,1-3H3,(H,24,25). The number of pyridine rings is 1. The van der Waals surface area contributed by atoms with Gasteiger partial charge in [-0.25, -0.2) is 0 Å². The summed E-state index contributed by atoms with van der Waals surface area (Å²) in [6, 6.07) is 7.96. The average Bonchev–Trinajstić information content (AvgIpc) is 2.51. The van der Waals surface area contributed by atoms with Crippen molar-refractivity contribution in [2.75, 3.05) is 0 Å². The van der Waals surface area contributed by atoms with Gasteiger partial charge in [-0.05, 0) is 29.2 Å². The molecule has 1 amide bonds. The van der Waals surface area contributed by atoms with Crippen molar-refractivity contribution in [1.29, 1.82) is 0 Å². The fourth-order valence-corrected chi connectivity index (χ4v) is 2.37. The molecular formula is C18H18ClF3N2O. The summed E-state index contributed by atoms with van der Waals surface area (Å²) in [6.07, 6.45) is -3.81. The molecule has 0 aliphatic rings. The molecule has 0 atom stereocenters. The molecule has 2 aromatic rings. The first kappa shape index (κ1) is 19.2. The summed E-state index contributed by atoms with van der Waals surface area (Å²) in [5.41, 5.74) is 0.777. The molecule has 0 spiro atoms. The molecule has 25 heavy (non-hydrogen) atoms. The van der Waals surface area contributed by atoms with Gasteiger partial charge in [0.2, 0.25) is 0 Å². The predicted octanol–water partition coefficient (Wildman–Crippen LogP) is 4.98. The van der Waals surface area contributed by atoms with Gasteiger partial charge in [0.05, 0.1) is 22.8 Å². The summed E-state index contributed by atoms with van der Waals surface area (Å²) in [6.45, 7) is 6.15. The van der Waals surface area contributed by atoms with Gasteiger partial charge < -0.3 is 5.32 Å². The summed E-state index contributed by atoms with van der Waals surface area (Å²) < 4.78 is 37.7. The number of amides is 1. The van der Waals surface area contributed by atoms with Gasteiger partial charge in [0.25, 0.3) is 5.91 Å². The van der Waals surface area contributed by atoms with Gasteiger partial charge in [0, 0.05) is 11.8 Å². The molecule has 0 fully saturated rings. The maximum Gasteiger partial charge on any atom is 0.417 e. The average molecular weight is 371 g/mol.